The number of benzene rings is 1. The molecule has 2 rings (SSSR count). The molecule has 2 aromatic rings. The van der Waals surface area contributed by atoms with Crippen LogP contribution in [0.3, 0.4) is 0 Å². The van der Waals surface area contributed by atoms with E-state index in [4.69, 9.17) is 10.5 Å². The molecule has 0 aliphatic heterocycles. The highest BCUT2D eigenvalue weighted by Crippen LogP contribution is 2.28. The second kappa shape index (κ2) is 3.67. The van der Waals surface area contributed by atoms with E-state index >= 15 is 0 Å². The molecule has 0 aliphatic carbocycles. The van der Waals surface area contributed by atoms with Crippen LogP contribution in [0.1, 0.15) is 0 Å². The molecule has 1 aromatic carbocycles. The Balaban J connectivity index is 2.33. The van der Waals surface area contributed by atoms with E-state index in [2.05, 4.69) is 4.98 Å². The molecule has 0 amide bonds. The summed E-state index contributed by atoms with van der Waals surface area (Å²) in [5.41, 5.74) is 6.67. The average molecular weight is 206 g/mol. The molecule has 14 heavy (non-hydrogen) atoms. The van der Waals surface area contributed by atoms with Crippen molar-refractivity contribution in [1.29, 1.82) is 0 Å². The van der Waals surface area contributed by atoms with Crippen LogP contribution in [0.25, 0.3) is 10.4 Å². The third-order valence-corrected chi connectivity index (χ3v) is 2.77. The summed E-state index contributed by atoms with van der Waals surface area (Å²) in [6, 6.07) is 7.83. The number of aromatic nitrogens is 1. The molecule has 0 radical (unpaired) electrons. The fourth-order valence-electron chi connectivity index (χ4n) is 1.18. The van der Waals surface area contributed by atoms with Crippen LogP contribution in [0.2, 0.25) is 0 Å². The maximum absolute atomic E-state index is 5.55. The van der Waals surface area contributed by atoms with Gasteiger partial charge in [0.25, 0.3) is 0 Å². The van der Waals surface area contributed by atoms with E-state index < -0.39 is 0 Å². The molecule has 0 saturated carbocycles. The van der Waals surface area contributed by atoms with E-state index in [0.717, 1.165) is 16.2 Å². The van der Waals surface area contributed by atoms with E-state index in [-0.39, 0.29) is 0 Å². The van der Waals surface area contributed by atoms with E-state index in [1.54, 1.807) is 13.3 Å². The lowest BCUT2D eigenvalue weighted by Crippen LogP contribution is -1.81. The summed E-state index contributed by atoms with van der Waals surface area (Å²) in [4.78, 5) is 5.07. The van der Waals surface area contributed by atoms with E-state index in [9.17, 15) is 0 Å². The van der Waals surface area contributed by atoms with Gasteiger partial charge in [-0.15, -0.1) is 0 Å². The van der Waals surface area contributed by atoms with Crippen molar-refractivity contribution < 1.29 is 4.74 Å². The SMILES string of the molecule is COc1ccc(-c2cnc(N)s2)cc1. The molecule has 4 heteroatoms. The fourth-order valence-corrected chi connectivity index (χ4v) is 1.87. The highest BCUT2D eigenvalue weighted by Gasteiger charge is 2.01. The van der Waals surface area contributed by atoms with Gasteiger partial charge in [-0.2, -0.15) is 0 Å². The summed E-state index contributed by atoms with van der Waals surface area (Å²) in [5, 5.41) is 0.593. The molecular weight excluding hydrogens is 196 g/mol. The molecule has 1 aromatic heterocycles. The zero-order valence-corrected chi connectivity index (χ0v) is 8.54. The minimum absolute atomic E-state index is 0.593. The average Bonchev–Trinajstić information content (AvgIpc) is 2.65. The number of nitrogens with zero attached hydrogens (tertiary/aromatic N) is 1. The number of methoxy groups -OCH3 is 1. The number of nitrogen functional groups attached to an aromatic ring is 1. The van der Waals surface area contributed by atoms with Crippen molar-refractivity contribution in [2.24, 2.45) is 0 Å². The van der Waals surface area contributed by atoms with Gasteiger partial charge in [0.2, 0.25) is 0 Å². The lowest BCUT2D eigenvalue weighted by molar-refractivity contribution is 0.415. The van der Waals surface area contributed by atoms with E-state index in [1.807, 2.05) is 24.3 Å². The number of hydrogen-bond donors (Lipinski definition) is 1. The summed E-state index contributed by atoms with van der Waals surface area (Å²) in [6.45, 7) is 0. The van der Waals surface area contributed by atoms with Crippen molar-refractivity contribution in [3.05, 3.63) is 30.5 Å². The van der Waals surface area contributed by atoms with Gasteiger partial charge in [0, 0.05) is 6.20 Å². The van der Waals surface area contributed by atoms with E-state index in [0.29, 0.717) is 5.13 Å². The highest BCUT2D eigenvalue weighted by molar-refractivity contribution is 7.18. The molecule has 3 nitrogen and oxygen atoms in total. The third-order valence-electron chi connectivity index (χ3n) is 1.90. The van der Waals surface area contributed by atoms with Crippen LogP contribution in [0.4, 0.5) is 5.13 Å². The van der Waals surface area contributed by atoms with Gasteiger partial charge < -0.3 is 10.5 Å². The minimum Gasteiger partial charge on any atom is -0.497 e. The van der Waals surface area contributed by atoms with Crippen LogP contribution in [0.5, 0.6) is 5.75 Å². The predicted molar refractivity (Wildman–Crippen MR) is 58.5 cm³/mol. The van der Waals surface area contributed by atoms with Gasteiger partial charge in [0.15, 0.2) is 5.13 Å². The summed E-state index contributed by atoms with van der Waals surface area (Å²) in [7, 11) is 1.65. The van der Waals surface area contributed by atoms with E-state index in [1.165, 1.54) is 11.3 Å². The molecule has 1 heterocycles. The number of anilines is 1. The summed E-state index contributed by atoms with van der Waals surface area (Å²) in [6.07, 6.45) is 1.78. The molecular formula is C10H10N2OS. The smallest absolute Gasteiger partial charge is 0.180 e. The quantitative estimate of drug-likeness (QED) is 0.820. The topological polar surface area (TPSA) is 48.1 Å². The Morgan fingerprint density at radius 1 is 1.29 bits per heavy atom. The molecule has 0 fully saturated rings. The van der Waals surface area contributed by atoms with Gasteiger partial charge in [-0.05, 0) is 29.8 Å². The van der Waals surface area contributed by atoms with Crippen molar-refractivity contribution in [2.45, 2.75) is 0 Å². The normalized spacial score (nSPS) is 10.1. The van der Waals surface area contributed by atoms with Crippen molar-refractivity contribution in [1.82, 2.24) is 4.98 Å². The first-order valence-electron chi connectivity index (χ1n) is 4.15. The first-order chi connectivity index (χ1) is 6.79. The maximum atomic E-state index is 5.55. The Hall–Kier alpha value is -1.55. The van der Waals surface area contributed by atoms with Gasteiger partial charge in [0.1, 0.15) is 5.75 Å². The predicted octanol–water partition coefficient (Wildman–Crippen LogP) is 2.40. The zero-order chi connectivity index (χ0) is 9.97. The first kappa shape index (κ1) is 9.02. The maximum Gasteiger partial charge on any atom is 0.180 e. The largest absolute Gasteiger partial charge is 0.497 e. The second-order valence-electron chi connectivity index (χ2n) is 2.79. The lowest BCUT2D eigenvalue weighted by Gasteiger charge is -2.00. The Morgan fingerprint density at radius 2 is 2.00 bits per heavy atom. The Bertz CT molecular complexity index is 422. The highest BCUT2D eigenvalue weighted by atomic mass is 32.1. The van der Waals surface area contributed by atoms with Crippen LogP contribution < -0.4 is 10.5 Å². The zero-order valence-electron chi connectivity index (χ0n) is 7.73. The molecule has 0 saturated heterocycles. The fraction of sp³-hybridized carbons (Fsp3) is 0.100. The molecule has 0 bridgehead atoms. The lowest BCUT2D eigenvalue weighted by atomic mass is 10.2. The van der Waals surface area contributed by atoms with Crippen molar-refractivity contribution in [3.8, 4) is 16.2 Å². The van der Waals surface area contributed by atoms with Gasteiger partial charge in [-0.3, -0.25) is 0 Å². The third kappa shape index (κ3) is 1.70. The Labute approximate surface area is 86.2 Å². The first-order valence-corrected chi connectivity index (χ1v) is 4.97. The molecule has 72 valence electrons. The molecule has 2 N–H and O–H groups in total. The number of nitrogens with two attached hydrogens (primary N) is 1. The van der Waals surface area contributed by atoms with Gasteiger partial charge in [-0.25, -0.2) is 4.98 Å². The summed E-state index contributed by atoms with van der Waals surface area (Å²) >= 11 is 1.48. The summed E-state index contributed by atoms with van der Waals surface area (Å²) in [5.74, 6) is 0.853. The number of rotatable bonds is 2. The number of ether oxygens (including phenoxy) is 1. The van der Waals surface area contributed by atoms with Crippen LogP contribution in [-0.2, 0) is 0 Å². The minimum atomic E-state index is 0.593. The molecule has 0 unspecified atom stereocenters. The Kier molecular flexibility index (Phi) is 2.37. The van der Waals surface area contributed by atoms with Crippen LogP contribution in [0, 0.1) is 0 Å². The standard InChI is InChI=1S/C10H10N2OS/c1-13-8-4-2-7(3-5-8)9-6-12-10(11)14-9/h2-6H,1H3,(H2,11,12). The Morgan fingerprint density at radius 3 is 2.50 bits per heavy atom. The monoisotopic (exact) mass is 206 g/mol. The van der Waals surface area contributed by atoms with Crippen LogP contribution >= 0.6 is 11.3 Å². The number of thiazole rings is 1. The number of hydrogen-bond acceptors (Lipinski definition) is 4. The van der Waals surface area contributed by atoms with Crippen molar-refractivity contribution in [2.75, 3.05) is 12.8 Å². The van der Waals surface area contributed by atoms with Crippen LogP contribution in [0.15, 0.2) is 30.5 Å². The van der Waals surface area contributed by atoms with Gasteiger partial charge in [-0.1, -0.05) is 11.3 Å². The van der Waals surface area contributed by atoms with Gasteiger partial charge in [0.05, 0.1) is 12.0 Å². The van der Waals surface area contributed by atoms with Gasteiger partial charge >= 0.3 is 0 Å². The molecule has 0 atom stereocenters. The second-order valence-corrected chi connectivity index (χ2v) is 3.85. The summed E-state index contributed by atoms with van der Waals surface area (Å²) < 4.78 is 5.07. The van der Waals surface area contributed by atoms with Crippen LogP contribution in [-0.4, -0.2) is 12.1 Å². The van der Waals surface area contributed by atoms with Crippen molar-refractivity contribution >= 4 is 16.5 Å². The molecule has 0 spiro atoms. The van der Waals surface area contributed by atoms with Crippen molar-refractivity contribution in [3.63, 3.8) is 0 Å². The molecule has 0 aliphatic rings.